The first kappa shape index (κ1) is 9.00. The number of rotatable bonds is 4. The van der Waals surface area contributed by atoms with E-state index >= 15 is 0 Å². The van der Waals surface area contributed by atoms with Crippen LogP contribution in [0.15, 0.2) is 5.38 Å². The topological polar surface area (TPSA) is 24.9 Å². The van der Waals surface area contributed by atoms with E-state index in [0.29, 0.717) is 5.92 Å². The van der Waals surface area contributed by atoms with Crippen LogP contribution in [0.4, 0.5) is 5.13 Å². The van der Waals surface area contributed by atoms with Gasteiger partial charge in [0.2, 0.25) is 0 Å². The van der Waals surface area contributed by atoms with Crippen molar-refractivity contribution in [1.29, 1.82) is 0 Å². The molecule has 2 rings (SSSR count). The molecule has 3 heteroatoms. The van der Waals surface area contributed by atoms with Gasteiger partial charge in [-0.25, -0.2) is 4.98 Å². The summed E-state index contributed by atoms with van der Waals surface area (Å²) in [4.78, 5) is 4.55. The number of aromatic nitrogens is 1. The minimum absolute atomic E-state index is 0.688. The average Bonchev–Trinajstić information content (AvgIpc) is 2.83. The van der Waals surface area contributed by atoms with Gasteiger partial charge in [-0.2, -0.15) is 0 Å². The minimum Gasteiger partial charge on any atom is -0.361 e. The number of hydrogen-bond donors (Lipinski definition) is 1. The molecule has 0 amide bonds. The third-order valence-electron chi connectivity index (χ3n) is 2.18. The third kappa shape index (κ3) is 2.44. The van der Waals surface area contributed by atoms with Crippen molar-refractivity contribution in [3.63, 3.8) is 0 Å². The fourth-order valence-corrected chi connectivity index (χ4v) is 2.03. The van der Waals surface area contributed by atoms with E-state index < -0.39 is 0 Å². The van der Waals surface area contributed by atoms with Crippen LogP contribution in [0.25, 0.3) is 0 Å². The zero-order valence-corrected chi connectivity index (χ0v) is 9.03. The van der Waals surface area contributed by atoms with Gasteiger partial charge in [-0.1, -0.05) is 13.8 Å². The van der Waals surface area contributed by atoms with Crippen molar-refractivity contribution in [3.05, 3.63) is 11.1 Å². The summed E-state index contributed by atoms with van der Waals surface area (Å²) in [7, 11) is 0. The van der Waals surface area contributed by atoms with Gasteiger partial charge in [0, 0.05) is 17.8 Å². The van der Waals surface area contributed by atoms with Gasteiger partial charge in [0.1, 0.15) is 0 Å². The van der Waals surface area contributed by atoms with Gasteiger partial charge in [-0.15, -0.1) is 11.3 Å². The summed E-state index contributed by atoms with van der Waals surface area (Å²) >= 11 is 1.74. The lowest BCUT2D eigenvalue weighted by atomic mass is 10.2. The molecule has 0 unspecified atom stereocenters. The summed E-state index contributed by atoms with van der Waals surface area (Å²) in [6.07, 6.45) is 2.68. The number of anilines is 1. The molecule has 0 spiro atoms. The van der Waals surface area contributed by atoms with Crippen LogP contribution in [0.3, 0.4) is 0 Å². The van der Waals surface area contributed by atoms with E-state index in [2.05, 4.69) is 29.5 Å². The monoisotopic (exact) mass is 196 g/mol. The largest absolute Gasteiger partial charge is 0.361 e. The average molecular weight is 196 g/mol. The second-order valence-electron chi connectivity index (χ2n) is 4.13. The number of nitrogens with zero attached hydrogens (tertiary/aromatic N) is 1. The first-order valence-corrected chi connectivity index (χ1v) is 5.83. The second kappa shape index (κ2) is 3.66. The van der Waals surface area contributed by atoms with Gasteiger partial charge in [-0.05, 0) is 18.8 Å². The SMILES string of the molecule is CC(C)CNc1nc(C2CC2)cs1. The third-order valence-corrected chi connectivity index (χ3v) is 3.00. The van der Waals surface area contributed by atoms with Gasteiger partial charge in [0.05, 0.1) is 5.69 Å². The molecule has 1 aliphatic rings. The highest BCUT2D eigenvalue weighted by atomic mass is 32.1. The van der Waals surface area contributed by atoms with Crippen molar-refractivity contribution in [2.45, 2.75) is 32.6 Å². The van der Waals surface area contributed by atoms with E-state index in [0.717, 1.165) is 17.6 Å². The molecule has 0 radical (unpaired) electrons. The summed E-state index contributed by atoms with van der Waals surface area (Å²) in [6, 6.07) is 0. The molecule has 1 aliphatic carbocycles. The maximum atomic E-state index is 4.55. The second-order valence-corrected chi connectivity index (χ2v) is 4.98. The van der Waals surface area contributed by atoms with Gasteiger partial charge in [-0.3, -0.25) is 0 Å². The predicted molar refractivity (Wildman–Crippen MR) is 57.4 cm³/mol. The van der Waals surface area contributed by atoms with Crippen LogP contribution in [0.1, 0.15) is 38.3 Å². The predicted octanol–water partition coefficient (Wildman–Crippen LogP) is 3.09. The van der Waals surface area contributed by atoms with Crippen LogP contribution < -0.4 is 5.32 Å². The Hall–Kier alpha value is -0.570. The fourth-order valence-electron chi connectivity index (χ4n) is 1.23. The molecule has 72 valence electrons. The van der Waals surface area contributed by atoms with Crippen molar-refractivity contribution in [1.82, 2.24) is 4.98 Å². The maximum Gasteiger partial charge on any atom is 0.182 e. The van der Waals surface area contributed by atoms with E-state index in [4.69, 9.17) is 0 Å². The van der Waals surface area contributed by atoms with Crippen LogP contribution in [0.5, 0.6) is 0 Å². The van der Waals surface area contributed by atoms with Gasteiger partial charge in [0.15, 0.2) is 5.13 Å². The van der Waals surface area contributed by atoms with Crippen LogP contribution in [0, 0.1) is 5.92 Å². The zero-order valence-electron chi connectivity index (χ0n) is 8.21. The number of nitrogens with one attached hydrogen (secondary N) is 1. The van der Waals surface area contributed by atoms with Gasteiger partial charge in [0.25, 0.3) is 0 Å². The molecular formula is C10H16N2S. The lowest BCUT2D eigenvalue weighted by molar-refractivity contribution is 0.688. The van der Waals surface area contributed by atoms with E-state index in [1.807, 2.05) is 0 Å². The molecule has 2 nitrogen and oxygen atoms in total. The smallest absolute Gasteiger partial charge is 0.182 e. The lowest BCUT2D eigenvalue weighted by Crippen LogP contribution is -2.07. The summed E-state index contributed by atoms with van der Waals surface area (Å²) < 4.78 is 0. The fraction of sp³-hybridized carbons (Fsp3) is 0.700. The molecule has 1 heterocycles. The number of hydrogen-bond acceptors (Lipinski definition) is 3. The quantitative estimate of drug-likeness (QED) is 0.800. The first-order chi connectivity index (χ1) is 6.25. The summed E-state index contributed by atoms with van der Waals surface area (Å²) in [6.45, 7) is 5.45. The van der Waals surface area contributed by atoms with Crippen molar-refractivity contribution < 1.29 is 0 Å². The summed E-state index contributed by atoms with van der Waals surface area (Å²) in [5.41, 5.74) is 1.30. The van der Waals surface area contributed by atoms with Crippen molar-refractivity contribution >= 4 is 16.5 Å². The molecule has 0 bridgehead atoms. The number of thiazole rings is 1. The molecule has 0 aromatic carbocycles. The van der Waals surface area contributed by atoms with E-state index in [1.165, 1.54) is 18.5 Å². The van der Waals surface area contributed by atoms with Crippen LogP contribution in [-0.2, 0) is 0 Å². The molecule has 1 aromatic rings. The Balaban J connectivity index is 1.89. The summed E-state index contributed by atoms with van der Waals surface area (Å²) in [5, 5.41) is 6.64. The molecule has 1 aromatic heterocycles. The molecule has 0 atom stereocenters. The molecule has 0 aliphatic heterocycles. The highest BCUT2D eigenvalue weighted by Crippen LogP contribution is 2.40. The zero-order chi connectivity index (χ0) is 9.26. The molecule has 1 fully saturated rings. The van der Waals surface area contributed by atoms with Crippen molar-refractivity contribution in [3.8, 4) is 0 Å². The minimum atomic E-state index is 0.688. The molecule has 1 N–H and O–H groups in total. The van der Waals surface area contributed by atoms with Gasteiger partial charge >= 0.3 is 0 Å². The Morgan fingerprint density at radius 3 is 3.00 bits per heavy atom. The molecule has 0 saturated heterocycles. The Morgan fingerprint density at radius 1 is 1.62 bits per heavy atom. The Morgan fingerprint density at radius 2 is 2.38 bits per heavy atom. The summed E-state index contributed by atoms with van der Waals surface area (Å²) in [5.74, 6) is 1.47. The Bertz CT molecular complexity index is 276. The standard InChI is InChI=1S/C10H16N2S/c1-7(2)5-11-10-12-9(6-13-10)8-3-4-8/h6-8H,3-5H2,1-2H3,(H,11,12). The van der Waals surface area contributed by atoms with Crippen molar-refractivity contribution in [2.24, 2.45) is 5.92 Å². The van der Waals surface area contributed by atoms with Gasteiger partial charge < -0.3 is 5.32 Å². The van der Waals surface area contributed by atoms with Crippen LogP contribution in [-0.4, -0.2) is 11.5 Å². The van der Waals surface area contributed by atoms with Crippen LogP contribution in [0.2, 0.25) is 0 Å². The van der Waals surface area contributed by atoms with Crippen LogP contribution >= 0.6 is 11.3 Å². The van der Waals surface area contributed by atoms with Crippen molar-refractivity contribution in [2.75, 3.05) is 11.9 Å². The Kier molecular flexibility index (Phi) is 2.54. The van der Waals surface area contributed by atoms with E-state index in [1.54, 1.807) is 11.3 Å². The lowest BCUT2D eigenvalue weighted by Gasteiger charge is -2.04. The first-order valence-electron chi connectivity index (χ1n) is 4.95. The molecular weight excluding hydrogens is 180 g/mol. The highest BCUT2D eigenvalue weighted by Gasteiger charge is 2.25. The van der Waals surface area contributed by atoms with E-state index in [9.17, 15) is 0 Å². The molecule has 1 saturated carbocycles. The normalized spacial score (nSPS) is 16.5. The maximum absolute atomic E-state index is 4.55. The Labute approximate surface area is 83.4 Å². The highest BCUT2D eigenvalue weighted by molar-refractivity contribution is 7.13. The molecule has 13 heavy (non-hydrogen) atoms. The van der Waals surface area contributed by atoms with E-state index in [-0.39, 0.29) is 0 Å².